The van der Waals surface area contributed by atoms with Crippen molar-refractivity contribution in [3.63, 3.8) is 0 Å². The van der Waals surface area contributed by atoms with Gasteiger partial charge in [-0.2, -0.15) is 11.8 Å². The normalized spacial score (nSPS) is 11.7. The van der Waals surface area contributed by atoms with E-state index in [2.05, 4.69) is 49.6 Å². The predicted molar refractivity (Wildman–Crippen MR) is 104 cm³/mol. The number of aliphatic imine (C=N–C) groups is 1. The summed E-state index contributed by atoms with van der Waals surface area (Å²) in [4.78, 5) is 6.03. The Morgan fingerprint density at radius 1 is 1.33 bits per heavy atom. The van der Waals surface area contributed by atoms with Gasteiger partial charge in [0, 0.05) is 25.0 Å². The molecule has 0 unspecified atom stereocenters. The first kappa shape index (κ1) is 18.8. The Bertz CT molecular complexity index is 621. The summed E-state index contributed by atoms with van der Waals surface area (Å²) in [6, 6.07) is 4.25. The van der Waals surface area contributed by atoms with E-state index in [1.807, 2.05) is 30.3 Å². The van der Waals surface area contributed by atoms with Crippen LogP contribution in [0.15, 0.2) is 22.5 Å². The average molecular weight is 367 g/mol. The minimum absolute atomic E-state index is 0.522. The van der Waals surface area contributed by atoms with Crippen LogP contribution < -0.4 is 10.6 Å². The fourth-order valence-corrected chi connectivity index (χ4v) is 3.24. The number of aryl methyl sites for hydroxylation is 1. The maximum Gasteiger partial charge on any atom is 0.191 e. The van der Waals surface area contributed by atoms with E-state index < -0.39 is 0 Å². The van der Waals surface area contributed by atoms with Crippen LogP contribution in [-0.4, -0.2) is 45.8 Å². The van der Waals surface area contributed by atoms with Crippen LogP contribution in [0.2, 0.25) is 0 Å². The van der Waals surface area contributed by atoms with Crippen LogP contribution in [0.4, 0.5) is 0 Å². The molecule has 2 aromatic rings. The highest BCUT2D eigenvalue weighted by atomic mass is 32.2. The summed E-state index contributed by atoms with van der Waals surface area (Å²) in [7, 11) is 1.97. The SMILES string of the molecule is CSCCCNC(=NCc1nnc(C)n1C)NCCc1cccs1. The van der Waals surface area contributed by atoms with E-state index in [1.165, 1.54) is 4.88 Å². The summed E-state index contributed by atoms with van der Waals surface area (Å²) in [5.74, 6) is 3.77. The van der Waals surface area contributed by atoms with Gasteiger partial charge < -0.3 is 15.2 Å². The molecule has 0 aliphatic heterocycles. The molecule has 8 heteroatoms. The molecule has 0 fully saturated rings. The summed E-state index contributed by atoms with van der Waals surface area (Å²) in [6.07, 6.45) is 4.26. The lowest BCUT2D eigenvalue weighted by Gasteiger charge is -2.12. The van der Waals surface area contributed by atoms with Crippen LogP contribution in [0.25, 0.3) is 0 Å². The third-order valence-electron chi connectivity index (χ3n) is 3.62. The lowest BCUT2D eigenvalue weighted by molar-refractivity contribution is 0.743. The van der Waals surface area contributed by atoms with Crippen molar-refractivity contribution in [1.82, 2.24) is 25.4 Å². The highest BCUT2D eigenvalue weighted by Gasteiger charge is 2.05. The highest BCUT2D eigenvalue weighted by Crippen LogP contribution is 2.08. The predicted octanol–water partition coefficient (Wildman–Crippen LogP) is 2.22. The number of thiophene rings is 1. The third kappa shape index (κ3) is 6.16. The second kappa shape index (κ2) is 10.4. The zero-order valence-corrected chi connectivity index (χ0v) is 16.2. The summed E-state index contributed by atoms with van der Waals surface area (Å²) >= 11 is 3.65. The average Bonchev–Trinajstić information content (AvgIpc) is 3.20. The van der Waals surface area contributed by atoms with Gasteiger partial charge in [0.05, 0.1) is 0 Å². The molecule has 0 radical (unpaired) electrons. The standard InChI is InChI=1S/C16H26N6S2/c1-13-20-21-15(22(13)2)12-19-16(17-8-5-10-23-3)18-9-7-14-6-4-11-24-14/h4,6,11H,5,7-10,12H2,1-3H3,(H2,17,18,19). The summed E-state index contributed by atoms with van der Waals surface area (Å²) in [5.41, 5.74) is 0. The Morgan fingerprint density at radius 2 is 2.17 bits per heavy atom. The van der Waals surface area contributed by atoms with E-state index in [1.54, 1.807) is 11.3 Å². The molecule has 2 heterocycles. The van der Waals surface area contributed by atoms with Crippen LogP contribution in [0, 0.1) is 6.92 Å². The second-order valence-corrected chi connectivity index (χ2v) is 7.43. The molecule has 2 rings (SSSR count). The third-order valence-corrected chi connectivity index (χ3v) is 5.26. The molecule has 132 valence electrons. The van der Waals surface area contributed by atoms with Crippen molar-refractivity contribution in [1.29, 1.82) is 0 Å². The smallest absolute Gasteiger partial charge is 0.191 e. The van der Waals surface area contributed by atoms with Crippen molar-refractivity contribution in [2.24, 2.45) is 12.0 Å². The largest absolute Gasteiger partial charge is 0.356 e. The summed E-state index contributed by atoms with van der Waals surface area (Å²) in [6.45, 7) is 4.26. The first-order valence-electron chi connectivity index (χ1n) is 8.09. The van der Waals surface area contributed by atoms with Crippen LogP contribution in [0.5, 0.6) is 0 Å². The first-order valence-corrected chi connectivity index (χ1v) is 10.4. The number of guanidine groups is 1. The van der Waals surface area contributed by atoms with Gasteiger partial charge in [-0.15, -0.1) is 21.5 Å². The fourth-order valence-electron chi connectivity index (χ4n) is 2.10. The zero-order valence-electron chi connectivity index (χ0n) is 14.6. The Labute approximate surface area is 152 Å². The Hall–Kier alpha value is -1.54. The van der Waals surface area contributed by atoms with Gasteiger partial charge in [-0.05, 0) is 43.2 Å². The van der Waals surface area contributed by atoms with Gasteiger partial charge in [-0.25, -0.2) is 4.99 Å². The minimum atomic E-state index is 0.522. The molecular weight excluding hydrogens is 340 g/mol. The molecule has 0 bridgehead atoms. The number of thioether (sulfide) groups is 1. The van der Waals surface area contributed by atoms with Gasteiger partial charge in [-0.3, -0.25) is 0 Å². The lowest BCUT2D eigenvalue weighted by Crippen LogP contribution is -2.39. The molecular formula is C16H26N6S2. The quantitative estimate of drug-likeness (QED) is 0.405. The molecule has 0 aliphatic carbocycles. The van der Waals surface area contributed by atoms with Crippen LogP contribution >= 0.6 is 23.1 Å². The number of hydrogen-bond donors (Lipinski definition) is 2. The Morgan fingerprint density at radius 3 is 2.83 bits per heavy atom. The van der Waals surface area contributed by atoms with Crippen LogP contribution in [0.1, 0.15) is 22.9 Å². The van der Waals surface area contributed by atoms with Gasteiger partial charge in [0.25, 0.3) is 0 Å². The number of hydrogen-bond acceptors (Lipinski definition) is 5. The van der Waals surface area contributed by atoms with E-state index in [-0.39, 0.29) is 0 Å². The second-order valence-electron chi connectivity index (χ2n) is 5.42. The van der Waals surface area contributed by atoms with Gasteiger partial charge in [-0.1, -0.05) is 6.07 Å². The monoisotopic (exact) mass is 366 g/mol. The van der Waals surface area contributed by atoms with Gasteiger partial charge in [0.2, 0.25) is 0 Å². The Kier molecular flexibility index (Phi) is 8.11. The van der Waals surface area contributed by atoms with E-state index >= 15 is 0 Å². The van der Waals surface area contributed by atoms with E-state index in [4.69, 9.17) is 0 Å². The molecule has 0 aliphatic rings. The molecule has 0 saturated heterocycles. The summed E-state index contributed by atoms with van der Waals surface area (Å²) < 4.78 is 1.97. The molecule has 0 aromatic carbocycles. The molecule has 0 atom stereocenters. The maximum atomic E-state index is 4.65. The lowest BCUT2D eigenvalue weighted by atomic mass is 10.3. The van der Waals surface area contributed by atoms with Crippen molar-refractivity contribution < 1.29 is 0 Å². The van der Waals surface area contributed by atoms with E-state index in [0.29, 0.717) is 6.54 Å². The van der Waals surface area contributed by atoms with Gasteiger partial charge in [0.15, 0.2) is 11.8 Å². The molecule has 0 spiro atoms. The zero-order chi connectivity index (χ0) is 17.2. The van der Waals surface area contributed by atoms with Crippen molar-refractivity contribution in [3.05, 3.63) is 34.0 Å². The Balaban J connectivity index is 1.87. The molecule has 2 N–H and O–H groups in total. The van der Waals surface area contributed by atoms with Gasteiger partial charge >= 0.3 is 0 Å². The van der Waals surface area contributed by atoms with Crippen molar-refractivity contribution in [2.45, 2.75) is 26.3 Å². The van der Waals surface area contributed by atoms with E-state index in [9.17, 15) is 0 Å². The first-order chi connectivity index (χ1) is 11.7. The molecule has 6 nitrogen and oxygen atoms in total. The topological polar surface area (TPSA) is 67.1 Å². The van der Waals surface area contributed by atoms with Crippen LogP contribution in [0.3, 0.4) is 0 Å². The molecule has 2 aromatic heterocycles. The number of aromatic nitrogens is 3. The summed E-state index contributed by atoms with van der Waals surface area (Å²) in [5, 5.41) is 17.2. The molecule has 24 heavy (non-hydrogen) atoms. The fraction of sp³-hybridized carbons (Fsp3) is 0.562. The number of nitrogens with one attached hydrogen (secondary N) is 2. The van der Waals surface area contributed by atoms with E-state index in [0.717, 1.165) is 49.3 Å². The number of rotatable bonds is 9. The molecule has 0 saturated carbocycles. The number of nitrogens with zero attached hydrogens (tertiary/aromatic N) is 4. The van der Waals surface area contributed by atoms with Crippen molar-refractivity contribution >= 4 is 29.1 Å². The molecule has 0 amide bonds. The minimum Gasteiger partial charge on any atom is -0.356 e. The van der Waals surface area contributed by atoms with Gasteiger partial charge in [0.1, 0.15) is 12.4 Å². The van der Waals surface area contributed by atoms with Crippen molar-refractivity contribution in [3.8, 4) is 0 Å². The van der Waals surface area contributed by atoms with Crippen molar-refractivity contribution in [2.75, 3.05) is 25.1 Å². The van der Waals surface area contributed by atoms with Crippen LogP contribution in [-0.2, 0) is 20.0 Å². The highest BCUT2D eigenvalue weighted by molar-refractivity contribution is 7.98. The maximum absolute atomic E-state index is 4.65.